The van der Waals surface area contributed by atoms with Gasteiger partial charge in [-0.3, -0.25) is 4.79 Å². The van der Waals surface area contributed by atoms with Crippen molar-refractivity contribution in [1.29, 1.82) is 0 Å². The highest BCUT2D eigenvalue weighted by molar-refractivity contribution is 5.82. The van der Waals surface area contributed by atoms with Gasteiger partial charge in [0.05, 0.1) is 6.04 Å². The molecule has 0 radical (unpaired) electrons. The summed E-state index contributed by atoms with van der Waals surface area (Å²) < 4.78 is 0. The molecule has 0 unspecified atom stereocenters. The molecule has 0 bridgehead atoms. The van der Waals surface area contributed by atoms with Gasteiger partial charge < -0.3 is 10.4 Å². The third-order valence-corrected chi connectivity index (χ3v) is 3.85. The topological polar surface area (TPSA) is 75.1 Å². The Bertz CT molecular complexity index is 656. The van der Waals surface area contributed by atoms with Crippen molar-refractivity contribution in [2.75, 3.05) is 0 Å². The van der Waals surface area contributed by atoms with Gasteiger partial charge in [-0.2, -0.15) is 0 Å². The number of hydrogen-bond acceptors (Lipinski definition) is 4. The van der Waals surface area contributed by atoms with Crippen molar-refractivity contribution in [2.24, 2.45) is 5.92 Å². The van der Waals surface area contributed by atoms with E-state index in [4.69, 9.17) is 0 Å². The van der Waals surface area contributed by atoms with Crippen LogP contribution < -0.4 is 5.32 Å². The summed E-state index contributed by atoms with van der Waals surface area (Å²) >= 11 is 0. The Morgan fingerprint density at radius 1 is 1.27 bits per heavy atom. The highest BCUT2D eigenvalue weighted by atomic mass is 16.3. The molecule has 1 aliphatic rings. The van der Waals surface area contributed by atoms with Gasteiger partial charge in [0.25, 0.3) is 5.91 Å². The second-order valence-electron chi connectivity index (χ2n) is 5.69. The summed E-state index contributed by atoms with van der Waals surface area (Å²) in [5.41, 5.74) is 1.45. The normalized spacial score (nSPS) is 16.8. The van der Waals surface area contributed by atoms with Gasteiger partial charge in [-0.25, -0.2) is 9.97 Å². The fraction of sp³-hybridized carbons (Fsp3) is 0.353. The predicted octanol–water partition coefficient (Wildman–Crippen LogP) is 2.09. The number of carbonyl (C=O) groups is 1. The molecule has 2 atom stereocenters. The van der Waals surface area contributed by atoms with E-state index in [-0.39, 0.29) is 6.04 Å². The third-order valence-electron chi connectivity index (χ3n) is 3.85. The molecule has 114 valence electrons. The maximum atomic E-state index is 12.3. The van der Waals surface area contributed by atoms with Crippen LogP contribution in [0, 0.1) is 12.8 Å². The van der Waals surface area contributed by atoms with E-state index in [9.17, 15) is 9.90 Å². The molecule has 1 aromatic heterocycles. The highest BCUT2D eigenvalue weighted by Crippen LogP contribution is 2.40. The first-order valence-electron chi connectivity index (χ1n) is 7.48. The molecule has 5 nitrogen and oxygen atoms in total. The Kier molecular flexibility index (Phi) is 4.15. The standard InChI is InChI=1S/C17H19N3O2/c1-11-9-10-18-16(19-11)14(12-7-8-12)20-17(22)15(21)13-5-3-2-4-6-13/h2-6,9-10,12,14-15,21H,7-8H2,1H3,(H,20,22)/t14-,15+/m1/s1. The second-order valence-corrected chi connectivity index (χ2v) is 5.69. The van der Waals surface area contributed by atoms with E-state index in [0.29, 0.717) is 17.3 Å². The number of aromatic nitrogens is 2. The first-order valence-corrected chi connectivity index (χ1v) is 7.48. The van der Waals surface area contributed by atoms with Crippen LogP contribution in [-0.4, -0.2) is 21.0 Å². The number of benzene rings is 1. The maximum absolute atomic E-state index is 12.3. The van der Waals surface area contributed by atoms with Crippen molar-refractivity contribution >= 4 is 5.91 Å². The van der Waals surface area contributed by atoms with Crippen LogP contribution >= 0.6 is 0 Å². The van der Waals surface area contributed by atoms with E-state index in [1.807, 2.05) is 19.1 Å². The summed E-state index contributed by atoms with van der Waals surface area (Å²) in [6.45, 7) is 1.90. The van der Waals surface area contributed by atoms with Gasteiger partial charge in [0.2, 0.25) is 0 Å². The molecule has 1 aliphatic carbocycles. The monoisotopic (exact) mass is 297 g/mol. The van der Waals surface area contributed by atoms with Gasteiger partial charge in [-0.15, -0.1) is 0 Å². The highest BCUT2D eigenvalue weighted by Gasteiger charge is 2.36. The molecule has 1 aromatic carbocycles. The molecule has 0 aliphatic heterocycles. The molecule has 1 heterocycles. The SMILES string of the molecule is Cc1ccnc([C@H](NC(=O)[C@@H](O)c2ccccc2)C2CC2)n1. The Balaban J connectivity index is 1.75. The average Bonchev–Trinajstić information content (AvgIpc) is 3.37. The zero-order valence-electron chi connectivity index (χ0n) is 12.4. The lowest BCUT2D eigenvalue weighted by atomic mass is 10.1. The van der Waals surface area contributed by atoms with Crippen molar-refractivity contribution in [3.05, 3.63) is 59.7 Å². The number of hydrogen-bond donors (Lipinski definition) is 2. The van der Waals surface area contributed by atoms with Crippen molar-refractivity contribution in [3.63, 3.8) is 0 Å². The van der Waals surface area contributed by atoms with Crippen molar-refractivity contribution < 1.29 is 9.90 Å². The number of rotatable bonds is 5. The fourth-order valence-corrected chi connectivity index (χ4v) is 2.46. The molecular weight excluding hydrogens is 278 g/mol. The van der Waals surface area contributed by atoms with Crippen LogP contribution in [0.2, 0.25) is 0 Å². The first-order chi connectivity index (χ1) is 10.6. The molecule has 0 spiro atoms. The molecule has 1 saturated carbocycles. The lowest BCUT2D eigenvalue weighted by Gasteiger charge is -2.19. The summed E-state index contributed by atoms with van der Waals surface area (Å²) in [5.74, 6) is 0.568. The minimum absolute atomic E-state index is 0.231. The van der Waals surface area contributed by atoms with E-state index >= 15 is 0 Å². The Labute approximate surface area is 129 Å². The number of aliphatic hydroxyl groups is 1. The Morgan fingerprint density at radius 2 is 2.00 bits per heavy atom. The van der Waals surface area contributed by atoms with Crippen LogP contribution in [0.3, 0.4) is 0 Å². The van der Waals surface area contributed by atoms with Crippen molar-refractivity contribution in [1.82, 2.24) is 15.3 Å². The van der Waals surface area contributed by atoms with E-state index < -0.39 is 12.0 Å². The third kappa shape index (κ3) is 3.31. The van der Waals surface area contributed by atoms with Gasteiger partial charge in [0.1, 0.15) is 0 Å². The number of amides is 1. The van der Waals surface area contributed by atoms with Gasteiger partial charge in [0.15, 0.2) is 11.9 Å². The van der Waals surface area contributed by atoms with E-state index in [0.717, 1.165) is 18.5 Å². The molecular formula is C17H19N3O2. The van der Waals surface area contributed by atoms with Crippen LogP contribution in [0.1, 0.15) is 42.1 Å². The zero-order chi connectivity index (χ0) is 15.5. The number of aliphatic hydroxyl groups excluding tert-OH is 1. The van der Waals surface area contributed by atoms with Gasteiger partial charge >= 0.3 is 0 Å². The molecule has 5 heteroatoms. The average molecular weight is 297 g/mol. The number of carbonyl (C=O) groups excluding carboxylic acids is 1. The largest absolute Gasteiger partial charge is 0.378 e. The van der Waals surface area contributed by atoms with Crippen LogP contribution in [0.15, 0.2) is 42.6 Å². The van der Waals surface area contributed by atoms with Crippen molar-refractivity contribution in [3.8, 4) is 0 Å². The van der Waals surface area contributed by atoms with Crippen LogP contribution in [0.25, 0.3) is 0 Å². The smallest absolute Gasteiger partial charge is 0.254 e. The van der Waals surface area contributed by atoms with Crippen LogP contribution in [-0.2, 0) is 4.79 Å². The molecule has 3 rings (SSSR count). The van der Waals surface area contributed by atoms with Gasteiger partial charge in [0, 0.05) is 11.9 Å². The number of nitrogens with one attached hydrogen (secondary N) is 1. The summed E-state index contributed by atoms with van der Waals surface area (Å²) in [7, 11) is 0. The lowest BCUT2D eigenvalue weighted by Crippen LogP contribution is -2.35. The Morgan fingerprint density at radius 3 is 2.64 bits per heavy atom. The minimum Gasteiger partial charge on any atom is -0.378 e. The number of nitrogens with zero attached hydrogens (tertiary/aromatic N) is 2. The summed E-state index contributed by atoms with van der Waals surface area (Å²) in [4.78, 5) is 21.0. The molecule has 0 saturated heterocycles. The summed E-state index contributed by atoms with van der Waals surface area (Å²) in [5, 5.41) is 13.1. The maximum Gasteiger partial charge on any atom is 0.254 e. The molecule has 1 fully saturated rings. The van der Waals surface area contributed by atoms with E-state index in [1.54, 1.807) is 30.5 Å². The summed E-state index contributed by atoms with van der Waals surface area (Å²) in [6, 6.07) is 10.5. The van der Waals surface area contributed by atoms with Gasteiger partial charge in [-0.1, -0.05) is 30.3 Å². The number of aryl methyl sites for hydroxylation is 1. The predicted molar refractivity (Wildman–Crippen MR) is 81.8 cm³/mol. The molecule has 1 amide bonds. The van der Waals surface area contributed by atoms with Crippen molar-refractivity contribution in [2.45, 2.75) is 31.9 Å². The minimum atomic E-state index is -1.17. The zero-order valence-corrected chi connectivity index (χ0v) is 12.4. The molecule has 2 N–H and O–H groups in total. The summed E-state index contributed by atoms with van der Waals surface area (Å²) in [6.07, 6.45) is 2.62. The van der Waals surface area contributed by atoms with Gasteiger partial charge in [-0.05, 0) is 37.3 Å². The fourth-order valence-electron chi connectivity index (χ4n) is 2.46. The Hall–Kier alpha value is -2.27. The molecule has 22 heavy (non-hydrogen) atoms. The lowest BCUT2D eigenvalue weighted by molar-refractivity contribution is -0.130. The van der Waals surface area contributed by atoms with E-state index in [2.05, 4.69) is 15.3 Å². The quantitative estimate of drug-likeness (QED) is 0.886. The second kappa shape index (κ2) is 6.23. The van der Waals surface area contributed by atoms with E-state index in [1.165, 1.54) is 0 Å². The first kappa shape index (κ1) is 14.7. The molecule has 2 aromatic rings. The van der Waals surface area contributed by atoms with Crippen LogP contribution in [0.4, 0.5) is 0 Å². The van der Waals surface area contributed by atoms with Crippen LogP contribution in [0.5, 0.6) is 0 Å².